The Morgan fingerprint density at radius 2 is 2.38 bits per heavy atom. The van der Waals surface area contributed by atoms with Crippen LogP contribution in [0.25, 0.3) is 0 Å². The molecule has 2 N–H and O–H groups in total. The van der Waals surface area contributed by atoms with Crippen molar-refractivity contribution in [2.75, 3.05) is 32.7 Å². The Labute approximate surface area is 162 Å². The van der Waals surface area contributed by atoms with Crippen LogP contribution in [0.15, 0.2) is 17.1 Å². The van der Waals surface area contributed by atoms with Crippen LogP contribution in [0.1, 0.15) is 45.4 Å². The van der Waals surface area contributed by atoms with Crippen molar-refractivity contribution < 1.29 is 4.79 Å². The van der Waals surface area contributed by atoms with Crippen LogP contribution in [0.5, 0.6) is 0 Å². The number of allylic oxidation sites excluding steroid dienone is 2. The Kier molecular flexibility index (Phi) is 7.37. The predicted octanol–water partition coefficient (Wildman–Crippen LogP) is 2.53. The summed E-state index contributed by atoms with van der Waals surface area (Å²) in [4.78, 5) is 19.0. The normalized spacial score (nSPS) is 30.2. The maximum absolute atomic E-state index is 11.7. The van der Waals surface area contributed by atoms with E-state index in [-0.39, 0.29) is 35.3 Å². The molecule has 0 radical (unpaired) electrons. The van der Waals surface area contributed by atoms with Gasteiger partial charge < -0.3 is 15.5 Å². The summed E-state index contributed by atoms with van der Waals surface area (Å²) in [5.74, 6) is 1.94. The highest BCUT2D eigenvalue weighted by Crippen LogP contribution is 2.36. The van der Waals surface area contributed by atoms with Crippen LogP contribution >= 0.6 is 24.0 Å². The average molecular weight is 446 g/mol. The van der Waals surface area contributed by atoms with Gasteiger partial charge in [0.25, 0.3) is 0 Å². The summed E-state index contributed by atoms with van der Waals surface area (Å²) in [6.45, 7) is 6.75. The summed E-state index contributed by atoms with van der Waals surface area (Å²) in [6.07, 6.45) is 11.1. The molecule has 0 saturated carbocycles. The van der Waals surface area contributed by atoms with Crippen LogP contribution in [0.3, 0.4) is 0 Å². The second-order valence-electron chi connectivity index (χ2n) is 7.32. The van der Waals surface area contributed by atoms with E-state index < -0.39 is 0 Å². The molecule has 2 unspecified atom stereocenters. The summed E-state index contributed by atoms with van der Waals surface area (Å²) in [7, 11) is 0. The first kappa shape index (κ1) is 19.5. The van der Waals surface area contributed by atoms with Crippen LogP contribution in [0, 0.1) is 11.3 Å². The first-order chi connectivity index (χ1) is 11.2. The number of likely N-dealkylation sites (tertiary alicyclic amines) is 1. The SMILES string of the molecule is CCNC(=NCC1CC=CCC1)N1CCCC2(CNC(=O)C2)C1.I. The Bertz CT molecular complexity index is 493. The number of piperidine rings is 1. The predicted molar refractivity (Wildman–Crippen MR) is 109 cm³/mol. The van der Waals surface area contributed by atoms with Gasteiger partial charge in [-0.15, -0.1) is 24.0 Å². The molecule has 0 aromatic heterocycles. The van der Waals surface area contributed by atoms with Crippen LogP contribution < -0.4 is 10.6 Å². The Morgan fingerprint density at radius 1 is 1.50 bits per heavy atom. The minimum Gasteiger partial charge on any atom is -0.357 e. The molecule has 2 atom stereocenters. The summed E-state index contributed by atoms with van der Waals surface area (Å²) in [5, 5.41) is 6.48. The highest BCUT2D eigenvalue weighted by molar-refractivity contribution is 14.0. The van der Waals surface area contributed by atoms with Crippen molar-refractivity contribution in [1.29, 1.82) is 0 Å². The van der Waals surface area contributed by atoms with Gasteiger partial charge in [0, 0.05) is 44.6 Å². The van der Waals surface area contributed by atoms with Gasteiger partial charge in [-0.25, -0.2) is 0 Å². The lowest BCUT2D eigenvalue weighted by atomic mass is 9.79. The number of rotatable bonds is 3. The summed E-state index contributed by atoms with van der Waals surface area (Å²) < 4.78 is 0. The fourth-order valence-corrected chi connectivity index (χ4v) is 4.09. The molecule has 1 aliphatic carbocycles. The van der Waals surface area contributed by atoms with Crippen molar-refractivity contribution >= 4 is 35.8 Å². The van der Waals surface area contributed by atoms with E-state index in [0.717, 1.165) is 57.9 Å². The van der Waals surface area contributed by atoms with E-state index in [2.05, 4.69) is 34.6 Å². The second kappa shape index (κ2) is 9.06. The van der Waals surface area contributed by atoms with Crippen molar-refractivity contribution in [3.63, 3.8) is 0 Å². The molecule has 5 nitrogen and oxygen atoms in total. The second-order valence-corrected chi connectivity index (χ2v) is 7.32. The molecular weight excluding hydrogens is 415 g/mol. The molecular formula is C18H31IN4O. The smallest absolute Gasteiger partial charge is 0.220 e. The maximum Gasteiger partial charge on any atom is 0.220 e. The maximum atomic E-state index is 11.7. The molecule has 6 heteroatoms. The van der Waals surface area contributed by atoms with E-state index in [1.807, 2.05) is 0 Å². The largest absolute Gasteiger partial charge is 0.357 e. The first-order valence-electron chi connectivity index (χ1n) is 9.16. The molecule has 2 aliphatic heterocycles. The monoisotopic (exact) mass is 446 g/mol. The third-order valence-electron chi connectivity index (χ3n) is 5.37. The number of amides is 1. The van der Waals surface area contributed by atoms with Gasteiger partial charge >= 0.3 is 0 Å². The number of guanidine groups is 1. The van der Waals surface area contributed by atoms with E-state index >= 15 is 0 Å². The number of carbonyl (C=O) groups is 1. The molecule has 3 rings (SSSR count). The van der Waals surface area contributed by atoms with Crippen molar-refractivity contribution in [2.24, 2.45) is 16.3 Å². The third kappa shape index (κ3) is 4.86. The zero-order chi connectivity index (χ0) is 16.1. The summed E-state index contributed by atoms with van der Waals surface area (Å²) in [6, 6.07) is 0. The van der Waals surface area contributed by atoms with Gasteiger partial charge in [0.1, 0.15) is 0 Å². The molecule has 3 aliphatic rings. The standard InChI is InChI=1S/C18H30N4O.HI/c1-2-19-17(20-12-15-7-4-3-5-8-15)22-10-6-9-18(14-22)11-16(23)21-13-18;/h3-4,15H,2,5-14H2,1H3,(H,19,20)(H,21,23);1H. The fraction of sp³-hybridized carbons (Fsp3) is 0.778. The molecule has 2 heterocycles. The molecule has 2 saturated heterocycles. The van der Waals surface area contributed by atoms with Gasteiger partial charge in [0.2, 0.25) is 5.91 Å². The van der Waals surface area contributed by atoms with Crippen molar-refractivity contribution in [3.8, 4) is 0 Å². The zero-order valence-electron chi connectivity index (χ0n) is 14.7. The van der Waals surface area contributed by atoms with E-state index in [9.17, 15) is 4.79 Å². The van der Waals surface area contributed by atoms with E-state index in [4.69, 9.17) is 4.99 Å². The summed E-state index contributed by atoms with van der Waals surface area (Å²) >= 11 is 0. The Hall–Kier alpha value is -0.790. The van der Waals surface area contributed by atoms with Crippen molar-refractivity contribution in [1.82, 2.24) is 15.5 Å². The number of hydrogen-bond acceptors (Lipinski definition) is 2. The molecule has 1 amide bonds. The molecule has 136 valence electrons. The number of hydrogen-bond donors (Lipinski definition) is 2. The van der Waals surface area contributed by atoms with Gasteiger partial charge in [-0.2, -0.15) is 0 Å². The third-order valence-corrected chi connectivity index (χ3v) is 5.37. The number of nitrogens with zero attached hydrogens (tertiary/aromatic N) is 2. The number of nitrogens with one attached hydrogen (secondary N) is 2. The van der Waals surface area contributed by atoms with Crippen LogP contribution in [-0.2, 0) is 4.79 Å². The minimum absolute atomic E-state index is 0. The topological polar surface area (TPSA) is 56.7 Å². The van der Waals surface area contributed by atoms with Crippen LogP contribution in [0.2, 0.25) is 0 Å². The number of halogens is 1. The van der Waals surface area contributed by atoms with Gasteiger partial charge in [-0.1, -0.05) is 12.2 Å². The van der Waals surface area contributed by atoms with Crippen molar-refractivity contribution in [2.45, 2.75) is 45.4 Å². The lowest BCUT2D eigenvalue weighted by Gasteiger charge is -2.41. The van der Waals surface area contributed by atoms with Crippen LogP contribution in [-0.4, -0.2) is 49.5 Å². The van der Waals surface area contributed by atoms with Gasteiger partial charge in [-0.3, -0.25) is 9.79 Å². The lowest BCUT2D eigenvalue weighted by molar-refractivity contribution is -0.119. The molecule has 0 aromatic rings. The molecule has 0 bridgehead atoms. The van der Waals surface area contributed by atoms with Gasteiger partial charge in [0.15, 0.2) is 5.96 Å². The van der Waals surface area contributed by atoms with E-state index in [1.54, 1.807) is 0 Å². The minimum atomic E-state index is 0. The Morgan fingerprint density at radius 3 is 3.04 bits per heavy atom. The average Bonchev–Trinajstić information content (AvgIpc) is 2.92. The van der Waals surface area contributed by atoms with Crippen molar-refractivity contribution in [3.05, 3.63) is 12.2 Å². The van der Waals surface area contributed by atoms with Crippen LogP contribution in [0.4, 0.5) is 0 Å². The zero-order valence-corrected chi connectivity index (χ0v) is 17.1. The quantitative estimate of drug-likeness (QED) is 0.303. The summed E-state index contributed by atoms with van der Waals surface area (Å²) in [5.41, 5.74) is 0.124. The van der Waals surface area contributed by atoms with E-state index in [1.165, 1.54) is 12.8 Å². The highest BCUT2D eigenvalue weighted by atomic mass is 127. The first-order valence-corrected chi connectivity index (χ1v) is 9.16. The highest BCUT2D eigenvalue weighted by Gasteiger charge is 2.42. The molecule has 24 heavy (non-hydrogen) atoms. The molecule has 2 fully saturated rings. The number of aliphatic imine (C=N–C) groups is 1. The van der Waals surface area contributed by atoms with Gasteiger partial charge in [0.05, 0.1) is 0 Å². The fourth-order valence-electron chi connectivity index (χ4n) is 4.09. The lowest BCUT2D eigenvalue weighted by Crippen LogP contribution is -2.51. The Balaban J connectivity index is 0.00000208. The molecule has 0 aromatic carbocycles. The molecule has 1 spiro atoms. The number of carbonyl (C=O) groups excluding carboxylic acids is 1. The van der Waals surface area contributed by atoms with E-state index in [0.29, 0.717) is 12.3 Å². The van der Waals surface area contributed by atoms with Gasteiger partial charge in [-0.05, 0) is 44.9 Å².